The van der Waals surface area contributed by atoms with E-state index < -0.39 is 10.0 Å². The van der Waals surface area contributed by atoms with Gasteiger partial charge in [-0.2, -0.15) is 4.98 Å². The number of rotatable bonds is 6. The Labute approximate surface area is 148 Å². The first-order valence-corrected chi connectivity index (χ1v) is 10.7. The van der Waals surface area contributed by atoms with Crippen LogP contribution in [0.3, 0.4) is 0 Å². The summed E-state index contributed by atoms with van der Waals surface area (Å²) in [5.74, 6) is 2.06. The molecule has 3 aliphatic heterocycles. The van der Waals surface area contributed by atoms with Crippen LogP contribution in [0.2, 0.25) is 0 Å². The number of nitrogens with zero attached hydrogens (tertiary/aromatic N) is 3. The maximum absolute atomic E-state index is 11.5. The Balaban J connectivity index is 1.52. The Hall–Kier alpha value is -1.45. The lowest BCUT2D eigenvalue weighted by Gasteiger charge is -2.29. The molecule has 2 bridgehead atoms. The van der Waals surface area contributed by atoms with Crippen LogP contribution in [0.15, 0.2) is 12.3 Å². The fourth-order valence-electron chi connectivity index (χ4n) is 4.64. The van der Waals surface area contributed by atoms with Gasteiger partial charge in [-0.05, 0) is 25.8 Å². The van der Waals surface area contributed by atoms with Gasteiger partial charge in [0.15, 0.2) is 0 Å². The highest BCUT2D eigenvalue weighted by Gasteiger charge is 2.63. The van der Waals surface area contributed by atoms with Crippen LogP contribution in [-0.2, 0) is 14.8 Å². The Morgan fingerprint density at radius 1 is 1.48 bits per heavy atom. The summed E-state index contributed by atoms with van der Waals surface area (Å²) in [6, 6.07) is 1.86. The van der Waals surface area contributed by atoms with E-state index in [2.05, 4.69) is 24.9 Å². The van der Waals surface area contributed by atoms with Crippen LogP contribution in [0.25, 0.3) is 0 Å². The van der Waals surface area contributed by atoms with Gasteiger partial charge in [0.05, 0.1) is 24.5 Å². The van der Waals surface area contributed by atoms with Crippen molar-refractivity contribution < 1.29 is 13.2 Å². The van der Waals surface area contributed by atoms with Gasteiger partial charge in [-0.25, -0.2) is 18.1 Å². The lowest BCUT2D eigenvalue weighted by Crippen LogP contribution is -2.41. The van der Waals surface area contributed by atoms with Crippen molar-refractivity contribution >= 4 is 21.8 Å². The monoisotopic (exact) mass is 367 g/mol. The summed E-state index contributed by atoms with van der Waals surface area (Å²) in [6.07, 6.45) is 5.17. The van der Waals surface area contributed by atoms with Crippen LogP contribution < -0.4 is 14.9 Å². The molecule has 3 aliphatic rings. The number of sulfonamides is 1. The summed E-state index contributed by atoms with van der Waals surface area (Å²) >= 11 is 0. The van der Waals surface area contributed by atoms with Crippen molar-refractivity contribution in [1.29, 1.82) is 0 Å². The minimum Gasteiger partial charge on any atom is -0.370 e. The van der Waals surface area contributed by atoms with E-state index in [0.29, 0.717) is 18.4 Å². The normalized spacial score (nSPS) is 33.7. The Bertz CT molecular complexity index is 758. The van der Waals surface area contributed by atoms with Crippen LogP contribution in [-0.4, -0.2) is 62.5 Å². The zero-order chi connectivity index (χ0) is 17.7. The molecule has 0 amide bonds. The molecule has 0 radical (unpaired) electrons. The molecule has 1 spiro atoms. The summed E-state index contributed by atoms with van der Waals surface area (Å²) < 4.78 is 32.0. The summed E-state index contributed by atoms with van der Waals surface area (Å²) in [7, 11) is -3.19. The number of anilines is 2. The van der Waals surface area contributed by atoms with E-state index in [1.807, 2.05) is 13.0 Å². The van der Waals surface area contributed by atoms with Gasteiger partial charge in [-0.15, -0.1) is 0 Å². The molecule has 0 aromatic carbocycles. The summed E-state index contributed by atoms with van der Waals surface area (Å²) in [5.41, 5.74) is -0.175. The van der Waals surface area contributed by atoms with Crippen molar-refractivity contribution in [3.63, 3.8) is 0 Å². The first kappa shape index (κ1) is 17.0. The molecule has 8 nitrogen and oxygen atoms in total. The third-order valence-electron chi connectivity index (χ3n) is 5.65. The molecule has 4 rings (SSSR count). The molecule has 4 atom stereocenters. The molecule has 2 N–H and O–H groups in total. The highest BCUT2D eigenvalue weighted by molar-refractivity contribution is 7.88. The standard InChI is InChI=1S/C16H25N5O3S/c1-3-17-14-5-7-18-15(20-14)21-9-12-11(8-19-25(2,22)23)13-4-6-16(12,10-21)24-13/h5,7,11-13,19H,3-4,6,8-10H2,1-2H3,(H,17,18,20)/t11-,12+,13+,16+/m0/s1. The van der Waals surface area contributed by atoms with Gasteiger partial charge in [0.2, 0.25) is 16.0 Å². The zero-order valence-corrected chi connectivity index (χ0v) is 15.4. The summed E-state index contributed by atoms with van der Waals surface area (Å²) in [5, 5.41) is 3.21. The van der Waals surface area contributed by atoms with Crippen molar-refractivity contribution in [1.82, 2.24) is 14.7 Å². The second-order valence-corrected chi connectivity index (χ2v) is 9.14. The van der Waals surface area contributed by atoms with Crippen LogP contribution in [0.1, 0.15) is 19.8 Å². The van der Waals surface area contributed by atoms with Crippen LogP contribution in [0, 0.1) is 11.8 Å². The molecule has 9 heteroatoms. The first-order chi connectivity index (χ1) is 11.9. The van der Waals surface area contributed by atoms with Gasteiger partial charge in [-0.3, -0.25) is 0 Å². The van der Waals surface area contributed by atoms with Gasteiger partial charge in [0.25, 0.3) is 0 Å². The minimum atomic E-state index is -3.19. The first-order valence-electron chi connectivity index (χ1n) is 8.84. The Morgan fingerprint density at radius 3 is 3.08 bits per heavy atom. The number of ether oxygens (including phenoxy) is 1. The van der Waals surface area contributed by atoms with Crippen molar-refractivity contribution in [2.45, 2.75) is 31.5 Å². The lowest BCUT2D eigenvalue weighted by molar-refractivity contribution is 0.0141. The molecule has 4 heterocycles. The molecule has 0 saturated carbocycles. The van der Waals surface area contributed by atoms with E-state index in [1.165, 1.54) is 6.26 Å². The van der Waals surface area contributed by atoms with E-state index in [0.717, 1.165) is 38.3 Å². The minimum absolute atomic E-state index is 0.162. The predicted octanol–water partition coefficient (Wildman–Crippen LogP) is 0.441. The van der Waals surface area contributed by atoms with Crippen LogP contribution >= 0.6 is 0 Å². The molecule has 138 valence electrons. The number of hydrogen-bond acceptors (Lipinski definition) is 7. The van der Waals surface area contributed by atoms with E-state index in [1.54, 1.807) is 6.20 Å². The van der Waals surface area contributed by atoms with Gasteiger partial charge in [-0.1, -0.05) is 0 Å². The quantitative estimate of drug-likeness (QED) is 0.753. The van der Waals surface area contributed by atoms with Crippen molar-refractivity contribution in [3.05, 3.63) is 12.3 Å². The van der Waals surface area contributed by atoms with E-state index in [9.17, 15) is 8.42 Å². The molecule has 3 saturated heterocycles. The number of fused-ring (bicyclic) bond motifs is 1. The molecule has 3 fully saturated rings. The largest absolute Gasteiger partial charge is 0.370 e. The predicted molar refractivity (Wildman–Crippen MR) is 95.1 cm³/mol. The third-order valence-corrected chi connectivity index (χ3v) is 6.34. The molecule has 1 aromatic heterocycles. The fraction of sp³-hybridized carbons (Fsp3) is 0.750. The second kappa shape index (κ2) is 6.07. The van der Waals surface area contributed by atoms with Crippen molar-refractivity contribution in [2.75, 3.05) is 42.7 Å². The molecule has 0 unspecified atom stereocenters. The second-order valence-electron chi connectivity index (χ2n) is 7.30. The highest BCUT2D eigenvalue weighted by Crippen LogP contribution is 2.55. The smallest absolute Gasteiger partial charge is 0.227 e. The third kappa shape index (κ3) is 3.09. The van der Waals surface area contributed by atoms with Crippen molar-refractivity contribution in [3.8, 4) is 0 Å². The molecule has 25 heavy (non-hydrogen) atoms. The average Bonchev–Trinajstić information content (AvgIpc) is 3.20. The molecule has 1 aromatic rings. The topological polar surface area (TPSA) is 96.5 Å². The SMILES string of the molecule is CCNc1ccnc(N2C[C@@H]3[C@H](CNS(C)(=O)=O)[C@H]4CC[C@]3(C2)O4)n1. The maximum Gasteiger partial charge on any atom is 0.227 e. The van der Waals surface area contributed by atoms with Crippen molar-refractivity contribution in [2.24, 2.45) is 11.8 Å². The highest BCUT2D eigenvalue weighted by atomic mass is 32.2. The number of nitrogens with one attached hydrogen (secondary N) is 2. The molecular formula is C16H25N5O3S. The van der Waals surface area contributed by atoms with E-state index in [4.69, 9.17) is 4.74 Å². The molecular weight excluding hydrogens is 342 g/mol. The van der Waals surface area contributed by atoms with E-state index >= 15 is 0 Å². The fourth-order valence-corrected chi connectivity index (χ4v) is 5.14. The Kier molecular flexibility index (Phi) is 4.12. The Morgan fingerprint density at radius 2 is 2.32 bits per heavy atom. The summed E-state index contributed by atoms with van der Waals surface area (Å²) in [4.78, 5) is 11.2. The lowest BCUT2D eigenvalue weighted by atomic mass is 9.74. The van der Waals surface area contributed by atoms with Gasteiger partial charge in [0, 0.05) is 37.7 Å². The summed E-state index contributed by atoms with van der Waals surface area (Å²) in [6.45, 7) is 4.88. The maximum atomic E-state index is 11.5. The number of aromatic nitrogens is 2. The van der Waals surface area contributed by atoms with Crippen LogP contribution in [0.5, 0.6) is 0 Å². The van der Waals surface area contributed by atoms with Gasteiger partial charge < -0.3 is 15.0 Å². The average molecular weight is 367 g/mol. The molecule has 0 aliphatic carbocycles. The zero-order valence-electron chi connectivity index (χ0n) is 14.6. The van der Waals surface area contributed by atoms with Crippen LogP contribution in [0.4, 0.5) is 11.8 Å². The number of hydrogen-bond donors (Lipinski definition) is 2. The van der Waals surface area contributed by atoms with Gasteiger partial charge in [0.1, 0.15) is 5.82 Å². The van der Waals surface area contributed by atoms with E-state index in [-0.39, 0.29) is 17.6 Å². The van der Waals surface area contributed by atoms with Gasteiger partial charge >= 0.3 is 0 Å².